The van der Waals surface area contributed by atoms with E-state index in [1.807, 2.05) is 12.1 Å². The van der Waals surface area contributed by atoms with E-state index in [4.69, 9.17) is 10.5 Å². The summed E-state index contributed by atoms with van der Waals surface area (Å²) in [5.41, 5.74) is 9.44. The van der Waals surface area contributed by atoms with Gasteiger partial charge in [0, 0.05) is 10.0 Å². The van der Waals surface area contributed by atoms with E-state index in [2.05, 4.69) is 22.0 Å². The number of fused-ring (bicyclic) bond motifs is 1. The van der Waals surface area contributed by atoms with Crippen LogP contribution in [-0.2, 0) is 18.4 Å². The first-order valence-electron chi connectivity index (χ1n) is 6.92. The molecule has 1 aliphatic rings. The minimum absolute atomic E-state index is 0.235. The smallest absolute Gasteiger partial charge is 0.123 e. The van der Waals surface area contributed by atoms with Gasteiger partial charge in [-0.2, -0.15) is 0 Å². The summed E-state index contributed by atoms with van der Waals surface area (Å²) >= 11 is 3.48. The summed E-state index contributed by atoms with van der Waals surface area (Å²) < 4.78 is 19.7. The molecule has 1 unspecified atom stereocenters. The lowest BCUT2D eigenvalue weighted by Crippen LogP contribution is -2.36. The molecule has 0 heterocycles. The van der Waals surface area contributed by atoms with Crippen LogP contribution >= 0.6 is 15.9 Å². The number of ether oxygens (including phenoxy) is 1. The monoisotopic (exact) mass is 349 g/mol. The molecule has 2 aromatic carbocycles. The molecule has 0 fully saturated rings. The van der Waals surface area contributed by atoms with Crippen LogP contribution in [0.25, 0.3) is 0 Å². The Morgan fingerprint density at radius 3 is 2.86 bits per heavy atom. The Labute approximate surface area is 132 Å². The Bertz CT molecular complexity index is 688. The van der Waals surface area contributed by atoms with Crippen LogP contribution in [0, 0.1) is 5.82 Å². The maximum Gasteiger partial charge on any atom is 0.123 e. The first-order valence-corrected chi connectivity index (χ1v) is 7.71. The summed E-state index contributed by atoms with van der Waals surface area (Å²) in [6, 6.07) is 10.8. The lowest BCUT2D eigenvalue weighted by molar-refractivity contribution is 0.407. The molecule has 0 radical (unpaired) electrons. The van der Waals surface area contributed by atoms with Gasteiger partial charge in [-0.1, -0.05) is 22.0 Å². The van der Waals surface area contributed by atoms with Crippen LogP contribution in [-0.4, -0.2) is 7.11 Å². The molecule has 1 aliphatic carbocycles. The second-order valence-corrected chi connectivity index (χ2v) is 6.45. The van der Waals surface area contributed by atoms with Gasteiger partial charge in [0.05, 0.1) is 7.11 Å². The van der Waals surface area contributed by atoms with E-state index in [1.165, 1.54) is 11.6 Å². The first kappa shape index (κ1) is 14.5. The molecule has 0 aliphatic heterocycles. The third-order valence-corrected chi connectivity index (χ3v) is 4.98. The van der Waals surface area contributed by atoms with E-state index in [0.29, 0.717) is 6.42 Å². The van der Waals surface area contributed by atoms with Gasteiger partial charge >= 0.3 is 0 Å². The second-order valence-electron chi connectivity index (χ2n) is 5.59. The van der Waals surface area contributed by atoms with Crippen LogP contribution in [0.2, 0.25) is 0 Å². The van der Waals surface area contributed by atoms with Gasteiger partial charge in [0.1, 0.15) is 11.6 Å². The zero-order valence-corrected chi connectivity index (χ0v) is 13.4. The molecule has 21 heavy (non-hydrogen) atoms. The maximum atomic E-state index is 13.5. The Kier molecular flexibility index (Phi) is 3.76. The Hall–Kier alpha value is -1.39. The minimum Gasteiger partial charge on any atom is -0.497 e. The molecule has 0 saturated heterocycles. The second kappa shape index (κ2) is 5.43. The summed E-state index contributed by atoms with van der Waals surface area (Å²) in [6.45, 7) is 0. The van der Waals surface area contributed by atoms with Crippen molar-refractivity contribution < 1.29 is 9.13 Å². The quantitative estimate of drug-likeness (QED) is 0.910. The van der Waals surface area contributed by atoms with E-state index in [-0.39, 0.29) is 5.82 Å². The summed E-state index contributed by atoms with van der Waals surface area (Å²) in [7, 11) is 1.65. The molecule has 2 N–H and O–H groups in total. The SMILES string of the molecule is COc1ccc2c(c1)C(N)(Cc1cc(F)ccc1Br)CC2. The van der Waals surface area contributed by atoms with E-state index in [0.717, 1.165) is 34.2 Å². The topological polar surface area (TPSA) is 35.2 Å². The van der Waals surface area contributed by atoms with Crippen molar-refractivity contribution in [3.05, 3.63) is 63.4 Å². The first-order chi connectivity index (χ1) is 10.0. The fourth-order valence-corrected chi connectivity index (χ4v) is 3.45. The molecule has 0 spiro atoms. The molecule has 110 valence electrons. The predicted octanol–water partition coefficient (Wildman–Crippen LogP) is 3.94. The molecule has 0 bridgehead atoms. The van der Waals surface area contributed by atoms with E-state index >= 15 is 0 Å². The molecule has 1 atom stereocenters. The van der Waals surface area contributed by atoms with Crippen molar-refractivity contribution in [3.8, 4) is 5.75 Å². The summed E-state index contributed by atoms with van der Waals surface area (Å²) in [4.78, 5) is 0. The zero-order valence-electron chi connectivity index (χ0n) is 11.8. The van der Waals surface area contributed by atoms with Gasteiger partial charge in [0.25, 0.3) is 0 Å². The van der Waals surface area contributed by atoms with Gasteiger partial charge in [-0.15, -0.1) is 0 Å². The van der Waals surface area contributed by atoms with Crippen LogP contribution in [0.5, 0.6) is 5.75 Å². The molecule has 3 rings (SSSR count). The van der Waals surface area contributed by atoms with Gasteiger partial charge < -0.3 is 10.5 Å². The number of methoxy groups -OCH3 is 1. The number of hydrogen-bond donors (Lipinski definition) is 1. The van der Waals surface area contributed by atoms with Crippen molar-refractivity contribution in [2.45, 2.75) is 24.8 Å². The van der Waals surface area contributed by atoms with Crippen molar-refractivity contribution in [2.24, 2.45) is 5.73 Å². The molecule has 0 aromatic heterocycles. The van der Waals surface area contributed by atoms with E-state index < -0.39 is 5.54 Å². The number of aryl methyl sites for hydroxylation is 1. The summed E-state index contributed by atoms with van der Waals surface area (Å²) in [5, 5.41) is 0. The molecule has 0 saturated carbocycles. The van der Waals surface area contributed by atoms with Crippen LogP contribution < -0.4 is 10.5 Å². The Morgan fingerprint density at radius 1 is 1.29 bits per heavy atom. The van der Waals surface area contributed by atoms with Crippen LogP contribution in [0.15, 0.2) is 40.9 Å². The van der Waals surface area contributed by atoms with Gasteiger partial charge in [-0.3, -0.25) is 0 Å². The largest absolute Gasteiger partial charge is 0.497 e. The van der Waals surface area contributed by atoms with Crippen molar-refractivity contribution in [2.75, 3.05) is 7.11 Å². The number of rotatable bonds is 3. The highest BCUT2D eigenvalue weighted by atomic mass is 79.9. The average Bonchev–Trinajstić information content (AvgIpc) is 2.80. The molecule has 2 nitrogen and oxygen atoms in total. The van der Waals surface area contributed by atoms with Crippen LogP contribution in [0.4, 0.5) is 4.39 Å². The van der Waals surface area contributed by atoms with E-state index in [1.54, 1.807) is 19.2 Å². The molecule has 2 aromatic rings. The highest BCUT2D eigenvalue weighted by molar-refractivity contribution is 9.10. The van der Waals surface area contributed by atoms with Crippen LogP contribution in [0.3, 0.4) is 0 Å². The maximum absolute atomic E-state index is 13.5. The van der Waals surface area contributed by atoms with Gasteiger partial charge in [-0.25, -0.2) is 4.39 Å². The standard InChI is InChI=1S/C17H17BrFNO/c1-21-14-4-2-11-6-7-17(20,15(11)9-14)10-12-8-13(19)3-5-16(12)18/h2-5,8-9H,6-7,10,20H2,1H3. The van der Waals surface area contributed by atoms with E-state index in [9.17, 15) is 4.39 Å². The van der Waals surface area contributed by atoms with Crippen LogP contribution in [0.1, 0.15) is 23.1 Å². The number of hydrogen-bond acceptors (Lipinski definition) is 2. The van der Waals surface area contributed by atoms with Gasteiger partial charge in [0.2, 0.25) is 0 Å². The fourth-order valence-electron chi connectivity index (χ4n) is 3.06. The molecular formula is C17H17BrFNO. The predicted molar refractivity (Wildman–Crippen MR) is 85.0 cm³/mol. The molecular weight excluding hydrogens is 333 g/mol. The normalized spacial score (nSPS) is 20.4. The minimum atomic E-state index is -0.472. The summed E-state index contributed by atoms with van der Waals surface area (Å²) in [6.07, 6.45) is 2.41. The third kappa shape index (κ3) is 2.70. The average molecular weight is 350 g/mol. The zero-order chi connectivity index (χ0) is 15.0. The molecule has 4 heteroatoms. The lowest BCUT2D eigenvalue weighted by Gasteiger charge is -2.26. The third-order valence-electron chi connectivity index (χ3n) is 4.21. The fraction of sp³-hybridized carbons (Fsp3) is 0.294. The molecule has 0 amide bonds. The Balaban J connectivity index is 1.98. The van der Waals surface area contributed by atoms with Crippen molar-refractivity contribution in [1.82, 2.24) is 0 Å². The van der Waals surface area contributed by atoms with Gasteiger partial charge in [-0.05, 0) is 66.3 Å². The lowest BCUT2D eigenvalue weighted by atomic mass is 9.86. The highest BCUT2D eigenvalue weighted by Gasteiger charge is 2.35. The van der Waals surface area contributed by atoms with Gasteiger partial charge in [0.15, 0.2) is 0 Å². The number of halogens is 2. The van der Waals surface area contributed by atoms with Crippen molar-refractivity contribution >= 4 is 15.9 Å². The van der Waals surface area contributed by atoms with Crippen molar-refractivity contribution in [3.63, 3.8) is 0 Å². The van der Waals surface area contributed by atoms with Crippen molar-refractivity contribution in [1.29, 1.82) is 0 Å². The Morgan fingerprint density at radius 2 is 2.10 bits per heavy atom. The number of benzene rings is 2. The highest BCUT2D eigenvalue weighted by Crippen LogP contribution is 2.40. The summed E-state index contributed by atoms with van der Waals surface area (Å²) in [5.74, 6) is 0.574. The number of nitrogens with two attached hydrogens (primary N) is 1.